The summed E-state index contributed by atoms with van der Waals surface area (Å²) >= 11 is 6.15. The van der Waals surface area contributed by atoms with Crippen molar-refractivity contribution in [3.63, 3.8) is 0 Å². The Morgan fingerprint density at radius 2 is 2.10 bits per heavy atom. The van der Waals surface area contributed by atoms with Crippen molar-refractivity contribution in [2.24, 2.45) is 0 Å². The molecule has 150 valence electrons. The summed E-state index contributed by atoms with van der Waals surface area (Å²) in [5, 5.41) is 6.77. The Bertz CT molecular complexity index is 1160. The molecular weight excluding hydrogens is 416 g/mol. The molecular formula is C19H17ClN4O4S. The SMILES string of the molecule is O=C1Cc2cc(S(=O)(=O)Nc3cccc(OCCn4cccn4)c3)c(Cl)cc2N1. The summed E-state index contributed by atoms with van der Waals surface area (Å²) in [6, 6.07) is 11.3. The second-order valence-electron chi connectivity index (χ2n) is 6.42. The molecule has 4 rings (SSSR count). The fourth-order valence-corrected chi connectivity index (χ4v) is 4.61. The Hall–Kier alpha value is -3.04. The molecule has 0 saturated heterocycles. The first kappa shape index (κ1) is 19.3. The molecule has 10 heteroatoms. The van der Waals surface area contributed by atoms with Gasteiger partial charge in [0.15, 0.2) is 0 Å². The number of fused-ring (bicyclic) bond motifs is 1. The lowest BCUT2D eigenvalue weighted by Gasteiger charge is -2.12. The summed E-state index contributed by atoms with van der Waals surface area (Å²) in [7, 11) is -3.95. The van der Waals surface area contributed by atoms with Gasteiger partial charge in [-0.1, -0.05) is 17.7 Å². The van der Waals surface area contributed by atoms with Crippen LogP contribution in [0.3, 0.4) is 0 Å². The molecule has 0 fully saturated rings. The fraction of sp³-hybridized carbons (Fsp3) is 0.158. The van der Waals surface area contributed by atoms with E-state index in [-0.39, 0.29) is 22.2 Å². The van der Waals surface area contributed by atoms with E-state index in [4.69, 9.17) is 16.3 Å². The zero-order valence-electron chi connectivity index (χ0n) is 15.1. The Morgan fingerprint density at radius 1 is 1.24 bits per heavy atom. The minimum Gasteiger partial charge on any atom is -0.492 e. The molecule has 0 bridgehead atoms. The molecule has 2 N–H and O–H groups in total. The van der Waals surface area contributed by atoms with Gasteiger partial charge in [0.25, 0.3) is 10.0 Å². The topological polar surface area (TPSA) is 102 Å². The molecule has 0 atom stereocenters. The first-order valence-corrected chi connectivity index (χ1v) is 10.6. The number of nitrogens with zero attached hydrogens (tertiary/aromatic N) is 2. The van der Waals surface area contributed by atoms with Gasteiger partial charge in [0.1, 0.15) is 17.3 Å². The van der Waals surface area contributed by atoms with Crippen LogP contribution in [0.4, 0.5) is 11.4 Å². The van der Waals surface area contributed by atoms with Crippen molar-refractivity contribution in [1.29, 1.82) is 0 Å². The van der Waals surface area contributed by atoms with Crippen LogP contribution in [-0.2, 0) is 27.8 Å². The molecule has 1 aliphatic heterocycles. The highest BCUT2D eigenvalue weighted by Gasteiger charge is 2.25. The number of benzene rings is 2. The number of hydrogen-bond acceptors (Lipinski definition) is 5. The molecule has 2 heterocycles. The molecule has 0 unspecified atom stereocenters. The maximum Gasteiger partial charge on any atom is 0.263 e. The number of anilines is 2. The van der Waals surface area contributed by atoms with Gasteiger partial charge in [-0.05, 0) is 35.9 Å². The largest absolute Gasteiger partial charge is 0.492 e. The van der Waals surface area contributed by atoms with Crippen molar-refractivity contribution in [3.8, 4) is 5.75 Å². The standard InChI is InChI=1S/C19H17ClN4O4S/c20-16-12-17-13(10-19(25)22-17)9-18(16)29(26,27)23-14-3-1-4-15(11-14)28-8-7-24-6-2-5-21-24/h1-6,9,11-12,23H,7-8,10H2,(H,22,25). The molecule has 8 nitrogen and oxygen atoms in total. The number of ether oxygens (including phenoxy) is 1. The van der Waals surface area contributed by atoms with Gasteiger partial charge in [-0.3, -0.25) is 14.2 Å². The third-order valence-corrected chi connectivity index (χ3v) is 6.15. The number of amides is 1. The van der Waals surface area contributed by atoms with Crippen molar-refractivity contribution in [2.45, 2.75) is 17.9 Å². The highest BCUT2D eigenvalue weighted by atomic mass is 35.5. The smallest absolute Gasteiger partial charge is 0.263 e. The second kappa shape index (κ2) is 7.76. The third-order valence-electron chi connectivity index (χ3n) is 4.31. The zero-order valence-corrected chi connectivity index (χ0v) is 16.7. The molecule has 0 spiro atoms. The van der Waals surface area contributed by atoms with Crippen LogP contribution in [0.25, 0.3) is 0 Å². The fourth-order valence-electron chi connectivity index (χ4n) is 2.98. The highest BCUT2D eigenvalue weighted by Crippen LogP contribution is 2.33. The van der Waals surface area contributed by atoms with Gasteiger partial charge in [-0.15, -0.1) is 0 Å². The summed E-state index contributed by atoms with van der Waals surface area (Å²) in [6.07, 6.45) is 3.64. The summed E-state index contributed by atoms with van der Waals surface area (Å²) in [6.45, 7) is 0.954. The van der Waals surface area contributed by atoms with Crippen molar-refractivity contribution in [1.82, 2.24) is 9.78 Å². The Kier molecular flexibility index (Phi) is 5.16. The number of nitrogens with one attached hydrogen (secondary N) is 2. The predicted octanol–water partition coefficient (Wildman–Crippen LogP) is 2.91. The maximum atomic E-state index is 12.8. The lowest BCUT2D eigenvalue weighted by atomic mass is 10.2. The monoisotopic (exact) mass is 432 g/mol. The molecule has 1 aromatic heterocycles. The van der Waals surface area contributed by atoms with Crippen LogP contribution in [0.1, 0.15) is 5.56 Å². The average molecular weight is 433 g/mol. The van der Waals surface area contributed by atoms with E-state index >= 15 is 0 Å². The molecule has 0 radical (unpaired) electrons. The number of sulfonamides is 1. The lowest BCUT2D eigenvalue weighted by molar-refractivity contribution is -0.115. The van der Waals surface area contributed by atoms with Crippen molar-refractivity contribution < 1.29 is 17.9 Å². The van der Waals surface area contributed by atoms with Gasteiger partial charge < -0.3 is 10.1 Å². The van der Waals surface area contributed by atoms with Crippen LogP contribution in [-0.4, -0.2) is 30.7 Å². The van der Waals surface area contributed by atoms with Gasteiger partial charge in [0, 0.05) is 24.1 Å². The number of hydrogen-bond donors (Lipinski definition) is 2. The molecule has 0 saturated carbocycles. The normalized spacial score (nSPS) is 13.1. The number of carbonyl (C=O) groups excluding carboxylic acids is 1. The summed E-state index contributed by atoms with van der Waals surface area (Å²) in [5.41, 5.74) is 1.47. The first-order valence-electron chi connectivity index (χ1n) is 8.76. The van der Waals surface area contributed by atoms with Gasteiger partial charge in [-0.25, -0.2) is 8.42 Å². The number of halogens is 1. The maximum absolute atomic E-state index is 12.8. The Morgan fingerprint density at radius 3 is 2.90 bits per heavy atom. The van der Waals surface area contributed by atoms with Crippen LogP contribution >= 0.6 is 11.6 Å². The number of carbonyl (C=O) groups is 1. The number of aromatic nitrogens is 2. The number of rotatable bonds is 7. The van der Waals surface area contributed by atoms with Gasteiger partial charge in [0.05, 0.1) is 23.7 Å². The van der Waals surface area contributed by atoms with Crippen LogP contribution in [0.2, 0.25) is 5.02 Å². The highest BCUT2D eigenvalue weighted by molar-refractivity contribution is 7.92. The third kappa shape index (κ3) is 4.36. The van der Waals surface area contributed by atoms with E-state index in [9.17, 15) is 13.2 Å². The zero-order chi connectivity index (χ0) is 20.4. The molecule has 1 aliphatic rings. The van der Waals surface area contributed by atoms with E-state index in [0.29, 0.717) is 35.8 Å². The summed E-state index contributed by atoms with van der Waals surface area (Å²) < 4.78 is 35.6. The second-order valence-corrected chi connectivity index (χ2v) is 8.47. The lowest BCUT2D eigenvalue weighted by Crippen LogP contribution is -2.14. The molecule has 3 aromatic rings. The van der Waals surface area contributed by atoms with Gasteiger partial charge in [-0.2, -0.15) is 5.10 Å². The summed E-state index contributed by atoms with van der Waals surface area (Å²) in [4.78, 5) is 11.4. The van der Waals surface area contributed by atoms with Crippen LogP contribution < -0.4 is 14.8 Å². The van der Waals surface area contributed by atoms with E-state index < -0.39 is 10.0 Å². The first-order chi connectivity index (χ1) is 13.9. The molecule has 2 aromatic carbocycles. The summed E-state index contributed by atoms with van der Waals surface area (Å²) in [5.74, 6) is 0.325. The Balaban J connectivity index is 1.48. The van der Waals surface area contributed by atoms with Crippen molar-refractivity contribution in [2.75, 3.05) is 16.6 Å². The van der Waals surface area contributed by atoms with E-state index in [2.05, 4.69) is 15.1 Å². The van der Waals surface area contributed by atoms with Crippen LogP contribution in [0.15, 0.2) is 59.8 Å². The van der Waals surface area contributed by atoms with Crippen molar-refractivity contribution in [3.05, 3.63) is 65.4 Å². The molecule has 29 heavy (non-hydrogen) atoms. The quantitative estimate of drug-likeness (QED) is 0.597. The molecule has 1 amide bonds. The van der Waals surface area contributed by atoms with Crippen molar-refractivity contribution >= 4 is 38.9 Å². The van der Waals surface area contributed by atoms with E-state index in [1.807, 2.05) is 12.3 Å². The van der Waals surface area contributed by atoms with E-state index in [0.717, 1.165) is 0 Å². The minimum atomic E-state index is -3.95. The van der Waals surface area contributed by atoms with E-state index in [1.165, 1.54) is 12.1 Å². The van der Waals surface area contributed by atoms with Crippen LogP contribution in [0, 0.1) is 0 Å². The average Bonchev–Trinajstić information content (AvgIpc) is 3.29. The van der Waals surface area contributed by atoms with E-state index in [1.54, 1.807) is 35.1 Å². The molecule has 0 aliphatic carbocycles. The predicted molar refractivity (Wildman–Crippen MR) is 109 cm³/mol. The van der Waals surface area contributed by atoms with Gasteiger partial charge in [0.2, 0.25) is 5.91 Å². The van der Waals surface area contributed by atoms with Gasteiger partial charge >= 0.3 is 0 Å². The Labute approximate surface area is 172 Å². The minimum absolute atomic E-state index is 0.0325. The van der Waals surface area contributed by atoms with Crippen LogP contribution in [0.5, 0.6) is 5.75 Å².